The van der Waals surface area contributed by atoms with Gasteiger partial charge in [0, 0.05) is 5.75 Å². The Kier molecular flexibility index (Phi) is 5.99. The number of hydrogen-bond acceptors (Lipinski definition) is 5. The molecule has 2 amide bonds. The average molecular weight is 439 g/mol. The summed E-state index contributed by atoms with van der Waals surface area (Å²) in [5.74, 6) is -0.567. The van der Waals surface area contributed by atoms with Gasteiger partial charge in [-0.2, -0.15) is 0 Å². The first-order valence-electron chi connectivity index (χ1n) is 9.84. The van der Waals surface area contributed by atoms with Gasteiger partial charge in [0.15, 0.2) is 0 Å². The summed E-state index contributed by atoms with van der Waals surface area (Å²) in [5.41, 5.74) is 2.50. The van der Waals surface area contributed by atoms with Crippen LogP contribution in [-0.2, 0) is 27.2 Å². The Morgan fingerprint density at radius 3 is 2.48 bits per heavy atom. The van der Waals surface area contributed by atoms with Gasteiger partial charge in [-0.3, -0.25) is 14.5 Å². The number of β-lactam (4-membered cyclic amide) rings is 1. The van der Waals surface area contributed by atoms with Crippen LogP contribution in [0.3, 0.4) is 0 Å². The highest BCUT2D eigenvalue weighted by atomic mass is 32.2. The molecule has 0 bridgehead atoms. The molecule has 0 aliphatic carbocycles. The fourth-order valence-electron chi connectivity index (χ4n) is 3.81. The van der Waals surface area contributed by atoms with E-state index in [1.165, 1.54) is 16.7 Å². The van der Waals surface area contributed by atoms with Crippen molar-refractivity contribution in [3.05, 3.63) is 77.0 Å². The molecule has 2 aliphatic heterocycles. The summed E-state index contributed by atoms with van der Waals surface area (Å²) in [6, 6.07) is 16.0. The van der Waals surface area contributed by atoms with E-state index in [-0.39, 0.29) is 23.9 Å². The molecule has 1 saturated heterocycles. The van der Waals surface area contributed by atoms with Crippen LogP contribution >= 0.6 is 11.8 Å². The number of methoxy groups -OCH3 is 1. The standard InChI is InChI=1S/C23H22N2O5S/c1-30-17-9-7-15(8-10-17)11-16-13-31-22-19(21(27)25(22)20(16)23(28)29)24-18(26)12-14-5-3-2-4-6-14/h2-10,19,22H,11-13H2,1H3,(H,24,26)(H,28,29)/t19?,22-/m0/s1. The summed E-state index contributed by atoms with van der Waals surface area (Å²) in [7, 11) is 1.59. The van der Waals surface area contributed by atoms with E-state index in [0.29, 0.717) is 17.7 Å². The van der Waals surface area contributed by atoms with Gasteiger partial charge in [0.2, 0.25) is 5.91 Å². The lowest BCUT2D eigenvalue weighted by molar-refractivity contribution is -0.150. The Balaban J connectivity index is 1.47. The predicted octanol–water partition coefficient (Wildman–Crippen LogP) is 2.22. The van der Waals surface area contributed by atoms with Crippen molar-refractivity contribution in [1.82, 2.24) is 10.2 Å². The second kappa shape index (κ2) is 8.85. The van der Waals surface area contributed by atoms with Gasteiger partial charge in [-0.1, -0.05) is 42.5 Å². The molecular weight excluding hydrogens is 416 g/mol. The van der Waals surface area contributed by atoms with E-state index >= 15 is 0 Å². The number of nitrogens with one attached hydrogen (secondary N) is 1. The number of benzene rings is 2. The van der Waals surface area contributed by atoms with Gasteiger partial charge in [-0.25, -0.2) is 4.79 Å². The van der Waals surface area contributed by atoms with E-state index in [4.69, 9.17) is 4.74 Å². The number of fused-ring (bicyclic) bond motifs is 1. The van der Waals surface area contributed by atoms with Crippen molar-refractivity contribution in [3.8, 4) is 5.75 Å². The van der Waals surface area contributed by atoms with Crippen LogP contribution in [-0.4, -0.2) is 52.1 Å². The van der Waals surface area contributed by atoms with Crippen LogP contribution in [0.25, 0.3) is 0 Å². The van der Waals surface area contributed by atoms with Crippen LogP contribution in [0.4, 0.5) is 0 Å². The van der Waals surface area contributed by atoms with E-state index in [1.807, 2.05) is 54.6 Å². The molecule has 7 nitrogen and oxygen atoms in total. The third-order valence-electron chi connectivity index (χ3n) is 5.35. The van der Waals surface area contributed by atoms with Gasteiger partial charge in [-0.05, 0) is 35.3 Å². The first-order valence-corrected chi connectivity index (χ1v) is 10.9. The number of carboxylic acids is 1. The fraction of sp³-hybridized carbons (Fsp3) is 0.261. The van der Waals surface area contributed by atoms with Crippen LogP contribution in [0.5, 0.6) is 5.75 Å². The van der Waals surface area contributed by atoms with E-state index < -0.39 is 17.4 Å². The Hall–Kier alpha value is -3.26. The lowest BCUT2D eigenvalue weighted by atomic mass is 9.98. The summed E-state index contributed by atoms with van der Waals surface area (Å²) in [4.78, 5) is 38.4. The highest BCUT2D eigenvalue weighted by Gasteiger charge is 2.54. The summed E-state index contributed by atoms with van der Waals surface area (Å²) < 4.78 is 5.16. The SMILES string of the molecule is COc1ccc(CC2=C(C(=O)O)N3C(=O)C(NC(=O)Cc4ccccc4)[C@@H]3SC2)cc1. The number of rotatable bonds is 7. The largest absolute Gasteiger partial charge is 0.497 e. The van der Waals surface area contributed by atoms with E-state index in [2.05, 4.69) is 5.32 Å². The molecule has 0 aromatic heterocycles. The third kappa shape index (κ3) is 4.29. The fourth-order valence-corrected chi connectivity index (χ4v) is 5.16. The summed E-state index contributed by atoms with van der Waals surface area (Å²) in [6.45, 7) is 0. The molecule has 8 heteroatoms. The Labute approximate surface area is 184 Å². The maximum atomic E-state index is 12.8. The van der Waals surface area contributed by atoms with Crippen molar-refractivity contribution in [2.24, 2.45) is 0 Å². The van der Waals surface area contributed by atoms with E-state index in [1.54, 1.807) is 7.11 Å². The molecule has 0 saturated carbocycles. The van der Waals surface area contributed by atoms with E-state index in [0.717, 1.165) is 16.9 Å². The van der Waals surface area contributed by atoms with Gasteiger partial charge in [0.25, 0.3) is 5.91 Å². The van der Waals surface area contributed by atoms with Crippen LogP contribution in [0.2, 0.25) is 0 Å². The Bertz CT molecular complexity index is 1040. The smallest absolute Gasteiger partial charge is 0.352 e. The number of aliphatic carboxylic acids is 1. The maximum Gasteiger partial charge on any atom is 0.352 e. The highest BCUT2D eigenvalue weighted by Crippen LogP contribution is 2.41. The lowest BCUT2D eigenvalue weighted by Crippen LogP contribution is -2.70. The Morgan fingerprint density at radius 2 is 1.84 bits per heavy atom. The van der Waals surface area contributed by atoms with Gasteiger partial charge >= 0.3 is 5.97 Å². The van der Waals surface area contributed by atoms with Crippen LogP contribution in [0.15, 0.2) is 65.9 Å². The number of carboxylic acid groups (broad SMARTS) is 1. The molecule has 0 radical (unpaired) electrons. The molecule has 2 aromatic rings. The number of nitrogens with zero attached hydrogens (tertiary/aromatic N) is 1. The van der Waals surface area contributed by atoms with Crippen molar-refractivity contribution in [1.29, 1.82) is 0 Å². The quantitative estimate of drug-likeness (QED) is 0.644. The number of ether oxygens (including phenoxy) is 1. The second-order valence-electron chi connectivity index (χ2n) is 7.40. The van der Waals surface area contributed by atoms with Gasteiger partial charge in [0.1, 0.15) is 22.9 Å². The molecule has 2 heterocycles. The molecule has 160 valence electrons. The van der Waals surface area contributed by atoms with Gasteiger partial charge < -0.3 is 15.2 Å². The molecule has 2 aliphatic rings. The normalized spacial score (nSPS) is 20.0. The summed E-state index contributed by atoms with van der Waals surface area (Å²) >= 11 is 1.47. The lowest BCUT2D eigenvalue weighted by Gasteiger charge is -2.49. The second-order valence-corrected chi connectivity index (χ2v) is 8.50. The number of carbonyl (C=O) groups is 3. The minimum absolute atomic E-state index is 0.0260. The average Bonchev–Trinajstić information content (AvgIpc) is 2.78. The summed E-state index contributed by atoms with van der Waals surface area (Å²) in [5, 5.41) is 12.2. The molecule has 1 unspecified atom stereocenters. The molecule has 2 N–H and O–H groups in total. The Morgan fingerprint density at radius 1 is 1.13 bits per heavy atom. The van der Waals surface area contributed by atoms with Gasteiger partial charge in [0.05, 0.1) is 13.5 Å². The number of carbonyl (C=O) groups excluding carboxylic acids is 2. The molecule has 4 rings (SSSR count). The molecule has 2 atom stereocenters. The first kappa shape index (κ1) is 21.0. The van der Waals surface area contributed by atoms with Crippen molar-refractivity contribution < 1.29 is 24.2 Å². The third-order valence-corrected chi connectivity index (χ3v) is 6.69. The minimum Gasteiger partial charge on any atom is -0.497 e. The van der Waals surface area contributed by atoms with Crippen molar-refractivity contribution >= 4 is 29.5 Å². The van der Waals surface area contributed by atoms with Crippen LogP contribution in [0, 0.1) is 0 Å². The summed E-state index contributed by atoms with van der Waals surface area (Å²) in [6.07, 6.45) is 0.604. The zero-order valence-corrected chi connectivity index (χ0v) is 17.7. The first-order chi connectivity index (χ1) is 15.0. The minimum atomic E-state index is -1.13. The monoisotopic (exact) mass is 438 g/mol. The topological polar surface area (TPSA) is 95.9 Å². The number of amides is 2. The molecular formula is C23H22N2O5S. The maximum absolute atomic E-state index is 12.8. The zero-order chi connectivity index (χ0) is 22.0. The zero-order valence-electron chi connectivity index (χ0n) is 16.9. The van der Waals surface area contributed by atoms with Crippen molar-refractivity contribution in [3.63, 3.8) is 0 Å². The number of hydrogen-bond donors (Lipinski definition) is 2. The predicted molar refractivity (Wildman–Crippen MR) is 117 cm³/mol. The molecule has 0 spiro atoms. The molecule has 1 fully saturated rings. The van der Waals surface area contributed by atoms with Crippen LogP contribution in [0.1, 0.15) is 11.1 Å². The van der Waals surface area contributed by atoms with Crippen molar-refractivity contribution in [2.45, 2.75) is 24.3 Å². The molecule has 2 aromatic carbocycles. The van der Waals surface area contributed by atoms with Crippen molar-refractivity contribution in [2.75, 3.05) is 12.9 Å². The van der Waals surface area contributed by atoms with Crippen LogP contribution < -0.4 is 10.1 Å². The highest BCUT2D eigenvalue weighted by molar-refractivity contribution is 8.00. The number of thioether (sulfide) groups is 1. The molecule has 31 heavy (non-hydrogen) atoms. The van der Waals surface area contributed by atoms with Gasteiger partial charge in [-0.15, -0.1) is 11.8 Å². The van der Waals surface area contributed by atoms with E-state index in [9.17, 15) is 19.5 Å².